The third-order valence-corrected chi connectivity index (χ3v) is 6.49. The van der Waals surface area contributed by atoms with Gasteiger partial charge in [0.05, 0.1) is 0 Å². The Hall–Kier alpha value is -0.250. The Morgan fingerprint density at radius 3 is 2.42 bits per heavy atom. The smallest absolute Gasteiger partial charge is 0.281 e. The molecule has 2 aliphatic rings. The molecule has 0 radical (unpaired) electrons. The van der Waals surface area contributed by atoms with Crippen LogP contribution in [0.3, 0.4) is 0 Å². The van der Waals surface area contributed by atoms with Crippen molar-refractivity contribution in [2.75, 3.05) is 19.6 Å². The van der Waals surface area contributed by atoms with Crippen molar-refractivity contribution in [3.05, 3.63) is 0 Å². The van der Waals surface area contributed by atoms with Gasteiger partial charge in [0.2, 0.25) is 5.91 Å². The molecular formula is C15H28ClN3O4S. The molecule has 9 heteroatoms. The van der Waals surface area contributed by atoms with Crippen LogP contribution in [0.5, 0.6) is 0 Å². The van der Waals surface area contributed by atoms with Gasteiger partial charge >= 0.3 is 0 Å². The van der Waals surface area contributed by atoms with Gasteiger partial charge in [-0.15, -0.1) is 4.33 Å². The zero-order valence-corrected chi connectivity index (χ0v) is 16.3. The summed E-state index contributed by atoms with van der Waals surface area (Å²) in [5.41, 5.74) is -0.456. The minimum absolute atomic E-state index is 0.144. The Balaban J connectivity index is 2.11. The van der Waals surface area contributed by atoms with Crippen molar-refractivity contribution < 1.29 is 18.6 Å². The summed E-state index contributed by atoms with van der Waals surface area (Å²) in [6, 6.07) is -0.110. The zero-order chi connectivity index (χ0) is 18.1. The van der Waals surface area contributed by atoms with Gasteiger partial charge < -0.3 is 9.80 Å². The summed E-state index contributed by atoms with van der Waals surface area (Å²) >= 11 is 3.78. The standard InChI is InChI=1S/C15H28ClN3O4S/c1-11(2)17-8-5-12(6-9-17)18-10-7-15(3,4)13(14(18)20)19(16)24(22)23-21/h11-13,21H,5-10H2,1-4H3. The second kappa shape index (κ2) is 7.97. The molecule has 0 bridgehead atoms. The largest absolute Gasteiger partial charge is 0.338 e. The Morgan fingerprint density at radius 2 is 1.92 bits per heavy atom. The molecule has 2 aliphatic heterocycles. The van der Waals surface area contributed by atoms with Crippen LogP contribution >= 0.6 is 11.8 Å². The summed E-state index contributed by atoms with van der Waals surface area (Å²) in [7, 11) is 0. The lowest BCUT2D eigenvalue weighted by molar-refractivity contribution is -0.149. The minimum atomic E-state index is -2.27. The Kier molecular flexibility index (Phi) is 6.66. The van der Waals surface area contributed by atoms with Gasteiger partial charge in [-0.3, -0.25) is 4.79 Å². The summed E-state index contributed by atoms with van der Waals surface area (Å²) < 4.78 is 16.3. The first-order valence-corrected chi connectivity index (χ1v) is 9.79. The third kappa shape index (κ3) is 4.11. The maximum absolute atomic E-state index is 13.0. The fraction of sp³-hybridized carbons (Fsp3) is 0.933. The van der Waals surface area contributed by atoms with E-state index in [2.05, 4.69) is 23.1 Å². The van der Waals surface area contributed by atoms with Crippen molar-refractivity contribution in [2.24, 2.45) is 5.41 Å². The van der Waals surface area contributed by atoms with Crippen LogP contribution in [0.15, 0.2) is 0 Å². The van der Waals surface area contributed by atoms with E-state index in [1.165, 1.54) is 0 Å². The summed E-state index contributed by atoms with van der Waals surface area (Å²) in [4.78, 5) is 17.3. The molecule has 24 heavy (non-hydrogen) atoms. The van der Waals surface area contributed by atoms with Gasteiger partial charge in [0.15, 0.2) is 0 Å². The van der Waals surface area contributed by atoms with Crippen LogP contribution in [0.2, 0.25) is 0 Å². The molecule has 0 spiro atoms. The van der Waals surface area contributed by atoms with Crippen LogP contribution < -0.4 is 0 Å². The van der Waals surface area contributed by atoms with E-state index < -0.39 is 22.7 Å². The second-order valence-electron chi connectivity index (χ2n) is 7.60. The number of carbonyl (C=O) groups excluding carboxylic acids is 1. The Morgan fingerprint density at radius 1 is 1.33 bits per heavy atom. The lowest BCUT2D eigenvalue weighted by Crippen LogP contribution is -2.61. The number of nitrogens with zero attached hydrogens (tertiary/aromatic N) is 3. The molecule has 2 saturated heterocycles. The van der Waals surface area contributed by atoms with Crippen molar-refractivity contribution >= 4 is 29.0 Å². The normalized spacial score (nSPS) is 27.9. The van der Waals surface area contributed by atoms with E-state index in [-0.39, 0.29) is 11.9 Å². The molecule has 2 fully saturated rings. The summed E-state index contributed by atoms with van der Waals surface area (Å²) in [5.74, 6) is -0.144. The molecular weight excluding hydrogens is 354 g/mol. The van der Waals surface area contributed by atoms with E-state index in [0.29, 0.717) is 12.6 Å². The first-order valence-electron chi connectivity index (χ1n) is 8.42. The topological polar surface area (TPSA) is 73.3 Å². The maximum atomic E-state index is 13.0. The number of halogens is 1. The molecule has 1 N–H and O–H groups in total. The minimum Gasteiger partial charge on any atom is -0.338 e. The average molecular weight is 382 g/mol. The molecule has 1 amide bonds. The number of likely N-dealkylation sites (tertiary alicyclic amines) is 2. The summed E-state index contributed by atoms with van der Waals surface area (Å²) in [6.45, 7) is 10.8. The van der Waals surface area contributed by atoms with Gasteiger partial charge in [-0.25, -0.2) is 9.47 Å². The zero-order valence-electron chi connectivity index (χ0n) is 14.8. The molecule has 0 aliphatic carbocycles. The fourth-order valence-corrected chi connectivity index (χ4v) is 4.74. The van der Waals surface area contributed by atoms with E-state index in [0.717, 1.165) is 36.2 Å². The molecule has 0 aromatic heterocycles. The lowest BCUT2D eigenvalue weighted by atomic mass is 9.77. The van der Waals surface area contributed by atoms with Crippen LogP contribution in [-0.2, 0) is 20.4 Å². The van der Waals surface area contributed by atoms with E-state index in [9.17, 15) is 9.00 Å². The molecule has 2 heterocycles. The molecule has 0 aromatic carbocycles. The van der Waals surface area contributed by atoms with Crippen molar-refractivity contribution in [3.8, 4) is 0 Å². The highest BCUT2D eigenvalue weighted by atomic mass is 35.5. The van der Waals surface area contributed by atoms with Crippen LogP contribution in [0.25, 0.3) is 0 Å². The number of piperidine rings is 2. The molecule has 2 unspecified atom stereocenters. The predicted molar refractivity (Wildman–Crippen MR) is 93.2 cm³/mol. The SMILES string of the molecule is CC(C)N1CCC(N2CCC(C)(C)C(N(Cl)S(=O)OO)C2=O)CC1. The van der Waals surface area contributed by atoms with Gasteiger partial charge in [0.1, 0.15) is 6.04 Å². The second-order valence-corrected chi connectivity index (χ2v) is 9.14. The van der Waals surface area contributed by atoms with Crippen molar-refractivity contribution in [2.45, 2.75) is 65.1 Å². The number of hydrogen-bond acceptors (Lipinski definition) is 5. The van der Waals surface area contributed by atoms with Crippen LogP contribution in [0, 0.1) is 5.41 Å². The number of hydrogen-bond donors (Lipinski definition) is 1. The summed E-state index contributed by atoms with van der Waals surface area (Å²) in [5, 5.41) is 8.63. The van der Waals surface area contributed by atoms with Crippen molar-refractivity contribution in [3.63, 3.8) is 0 Å². The van der Waals surface area contributed by atoms with Gasteiger partial charge in [0.25, 0.3) is 11.3 Å². The van der Waals surface area contributed by atoms with E-state index in [1.54, 1.807) is 0 Å². The van der Waals surface area contributed by atoms with Crippen molar-refractivity contribution in [1.82, 2.24) is 13.6 Å². The van der Waals surface area contributed by atoms with Gasteiger partial charge in [-0.2, -0.15) is 0 Å². The number of carbonyl (C=O) groups is 1. The quantitative estimate of drug-likeness (QED) is 0.448. The van der Waals surface area contributed by atoms with Gasteiger partial charge in [-0.05, 0) is 50.3 Å². The van der Waals surface area contributed by atoms with Crippen LogP contribution in [-0.4, -0.2) is 66.8 Å². The molecule has 2 rings (SSSR count). The highest BCUT2D eigenvalue weighted by Crippen LogP contribution is 2.38. The highest BCUT2D eigenvalue weighted by Gasteiger charge is 2.49. The van der Waals surface area contributed by atoms with Gasteiger partial charge in [0, 0.05) is 31.7 Å². The lowest BCUT2D eigenvalue weighted by Gasteiger charge is -2.48. The fourth-order valence-electron chi connectivity index (χ4n) is 3.70. The number of amides is 1. The van der Waals surface area contributed by atoms with Crippen LogP contribution in [0.1, 0.15) is 47.0 Å². The molecule has 140 valence electrons. The molecule has 7 nitrogen and oxygen atoms in total. The summed E-state index contributed by atoms with van der Waals surface area (Å²) in [6.07, 6.45) is 2.61. The Bertz CT molecular complexity index is 483. The molecule has 0 aromatic rings. The first kappa shape index (κ1) is 20.1. The van der Waals surface area contributed by atoms with Crippen LogP contribution in [0.4, 0.5) is 0 Å². The highest BCUT2D eigenvalue weighted by molar-refractivity contribution is 7.78. The number of rotatable bonds is 5. The molecule has 0 saturated carbocycles. The first-order chi connectivity index (χ1) is 11.2. The van der Waals surface area contributed by atoms with Gasteiger partial charge in [-0.1, -0.05) is 17.7 Å². The average Bonchev–Trinajstić information content (AvgIpc) is 2.53. The van der Waals surface area contributed by atoms with E-state index >= 15 is 0 Å². The van der Waals surface area contributed by atoms with Crippen molar-refractivity contribution in [1.29, 1.82) is 0 Å². The predicted octanol–water partition coefficient (Wildman–Crippen LogP) is 2.01. The van der Waals surface area contributed by atoms with E-state index in [4.69, 9.17) is 17.0 Å². The third-order valence-electron chi connectivity index (χ3n) is 5.33. The Labute approximate surface area is 151 Å². The maximum Gasteiger partial charge on any atom is 0.281 e. The van der Waals surface area contributed by atoms with E-state index in [1.807, 2.05) is 18.7 Å². The monoisotopic (exact) mass is 381 g/mol. The molecule has 2 atom stereocenters.